The van der Waals surface area contributed by atoms with Crippen molar-refractivity contribution in [1.29, 1.82) is 0 Å². The van der Waals surface area contributed by atoms with Gasteiger partial charge in [-0.15, -0.1) is 0 Å². The molecular formula is C16H22N2O2. The van der Waals surface area contributed by atoms with Gasteiger partial charge in [-0.25, -0.2) is 0 Å². The summed E-state index contributed by atoms with van der Waals surface area (Å²) in [6, 6.07) is 7.58. The molecule has 2 atom stereocenters. The van der Waals surface area contributed by atoms with E-state index in [1.54, 1.807) is 0 Å². The highest BCUT2D eigenvalue weighted by Gasteiger charge is 2.36. The van der Waals surface area contributed by atoms with Gasteiger partial charge in [-0.3, -0.25) is 4.90 Å². The number of rotatable bonds is 3. The van der Waals surface area contributed by atoms with Crippen LogP contribution in [-0.2, 0) is 6.54 Å². The maximum atomic E-state index is 5.78. The first kappa shape index (κ1) is 12.5. The lowest BCUT2D eigenvalue weighted by atomic mass is 10.1. The van der Waals surface area contributed by atoms with Crippen molar-refractivity contribution in [2.45, 2.75) is 37.9 Å². The molecule has 1 N–H and O–H groups in total. The van der Waals surface area contributed by atoms with Gasteiger partial charge < -0.3 is 14.8 Å². The minimum atomic E-state index is 0.637. The highest BCUT2D eigenvalue weighted by molar-refractivity contribution is 5.47. The molecule has 0 spiro atoms. The summed E-state index contributed by atoms with van der Waals surface area (Å²) in [4.78, 5) is 2.64. The molecule has 0 radical (unpaired) electrons. The smallest absolute Gasteiger partial charge is 0.165 e. The number of para-hydroxylation sites is 1. The minimum Gasteiger partial charge on any atom is -0.486 e. The second-order valence-electron chi connectivity index (χ2n) is 5.96. The van der Waals surface area contributed by atoms with Gasteiger partial charge in [0.1, 0.15) is 13.2 Å². The van der Waals surface area contributed by atoms with E-state index < -0.39 is 0 Å². The van der Waals surface area contributed by atoms with Crippen LogP contribution < -0.4 is 14.8 Å². The van der Waals surface area contributed by atoms with Gasteiger partial charge in [-0.2, -0.15) is 0 Å². The Kier molecular flexibility index (Phi) is 3.28. The summed E-state index contributed by atoms with van der Waals surface area (Å²) in [6.07, 6.45) is 3.99. The first-order valence-corrected chi connectivity index (χ1v) is 7.77. The number of nitrogens with zero attached hydrogens (tertiary/aromatic N) is 1. The van der Waals surface area contributed by atoms with Crippen molar-refractivity contribution in [2.24, 2.45) is 0 Å². The molecule has 2 saturated heterocycles. The van der Waals surface area contributed by atoms with Gasteiger partial charge in [-0.05, 0) is 31.9 Å². The fourth-order valence-corrected chi connectivity index (χ4v) is 3.83. The number of ether oxygens (including phenoxy) is 2. The van der Waals surface area contributed by atoms with Gasteiger partial charge in [-0.1, -0.05) is 12.1 Å². The molecule has 108 valence electrons. The van der Waals surface area contributed by atoms with Gasteiger partial charge in [0.2, 0.25) is 0 Å². The Morgan fingerprint density at radius 3 is 3.10 bits per heavy atom. The lowest BCUT2D eigenvalue weighted by Crippen LogP contribution is -2.38. The van der Waals surface area contributed by atoms with Crippen molar-refractivity contribution in [3.05, 3.63) is 23.8 Å². The molecular weight excluding hydrogens is 252 g/mol. The third-order valence-corrected chi connectivity index (χ3v) is 4.81. The highest BCUT2D eigenvalue weighted by Crippen LogP contribution is 2.34. The van der Waals surface area contributed by atoms with Crippen LogP contribution in [0.15, 0.2) is 18.2 Å². The molecule has 2 fully saturated rings. The number of fused-ring (bicyclic) bond motifs is 2. The molecule has 20 heavy (non-hydrogen) atoms. The predicted molar refractivity (Wildman–Crippen MR) is 77.3 cm³/mol. The van der Waals surface area contributed by atoms with Crippen LogP contribution in [0.5, 0.6) is 11.5 Å². The Hall–Kier alpha value is -1.26. The average molecular weight is 274 g/mol. The van der Waals surface area contributed by atoms with E-state index in [0.717, 1.165) is 24.1 Å². The van der Waals surface area contributed by atoms with Crippen molar-refractivity contribution < 1.29 is 9.47 Å². The van der Waals surface area contributed by atoms with Gasteiger partial charge in [0.25, 0.3) is 0 Å². The van der Waals surface area contributed by atoms with Crippen LogP contribution in [0.1, 0.15) is 24.8 Å². The zero-order valence-electron chi connectivity index (χ0n) is 11.8. The van der Waals surface area contributed by atoms with Crippen molar-refractivity contribution in [1.82, 2.24) is 10.2 Å². The lowest BCUT2D eigenvalue weighted by molar-refractivity contribution is 0.169. The average Bonchev–Trinajstić information content (AvgIpc) is 3.09. The van der Waals surface area contributed by atoms with Crippen molar-refractivity contribution >= 4 is 0 Å². The first-order chi connectivity index (χ1) is 9.92. The Balaban J connectivity index is 1.45. The second-order valence-corrected chi connectivity index (χ2v) is 5.96. The van der Waals surface area contributed by atoms with Crippen LogP contribution in [0.4, 0.5) is 0 Å². The molecule has 1 aromatic rings. The van der Waals surface area contributed by atoms with Crippen LogP contribution in [0.2, 0.25) is 0 Å². The quantitative estimate of drug-likeness (QED) is 0.911. The summed E-state index contributed by atoms with van der Waals surface area (Å²) in [5.74, 6) is 1.83. The van der Waals surface area contributed by atoms with Crippen LogP contribution in [0.3, 0.4) is 0 Å². The molecule has 3 heterocycles. The molecule has 4 heteroatoms. The van der Waals surface area contributed by atoms with Crippen LogP contribution in [0, 0.1) is 0 Å². The number of hydrogen-bond acceptors (Lipinski definition) is 4. The Labute approximate surface area is 120 Å². The normalized spacial score (nSPS) is 28.6. The van der Waals surface area contributed by atoms with E-state index in [9.17, 15) is 0 Å². The molecule has 3 aliphatic rings. The summed E-state index contributed by atoms with van der Waals surface area (Å²) in [6.45, 7) is 4.74. The van der Waals surface area contributed by atoms with E-state index in [-0.39, 0.29) is 0 Å². The molecule has 3 aliphatic heterocycles. The Morgan fingerprint density at radius 2 is 2.10 bits per heavy atom. The van der Waals surface area contributed by atoms with Gasteiger partial charge in [0, 0.05) is 30.7 Å². The molecule has 4 nitrogen and oxygen atoms in total. The maximum Gasteiger partial charge on any atom is 0.165 e. The molecule has 1 aromatic carbocycles. The molecule has 0 amide bonds. The van der Waals surface area contributed by atoms with E-state index in [1.807, 2.05) is 6.07 Å². The third-order valence-electron chi connectivity index (χ3n) is 4.81. The SMILES string of the molecule is c1cc(CNC2CCN3CCCC23)c2c(c1)OCCO2. The lowest BCUT2D eigenvalue weighted by Gasteiger charge is -2.24. The number of nitrogens with one attached hydrogen (secondary N) is 1. The van der Waals surface area contributed by atoms with Crippen molar-refractivity contribution in [3.63, 3.8) is 0 Å². The third kappa shape index (κ3) is 2.17. The highest BCUT2D eigenvalue weighted by atomic mass is 16.6. The van der Waals surface area contributed by atoms with Crippen molar-refractivity contribution in [2.75, 3.05) is 26.3 Å². The summed E-state index contributed by atoms with van der Waals surface area (Å²) < 4.78 is 11.4. The fourth-order valence-electron chi connectivity index (χ4n) is 3.83. The summed E-state index contributed by atoms with van der Waals surface area (Å²) in [7, 11) is 0. The molecule has 0 aliphatic carbocycles. The summed E-state index contributed by atoms with van der Waals surface area (Å²) in [5.41, 5.74) is 1.22. The maximum absolute atomic E-state index is 5.78. The molecule has 0 bridgehead atoms. The summed E-state index contributed by atoms with van der Waals surface area (Å²) >= 11 is 0. The minimum absolute atomic E-state index is 0.637. The number of hydrogen-bond donors (Lipinski definition) is 1. The monoisotopic (exact) mass is 274 g/mol. The van der Waals surface area contributed by atoms with E-state index >= 15 is 0 Å². The largest absolute Gasteiger partial charge is 0.486 e. The van der Waals surface area contributed by atoms with Gasteiger partial charge in [0.15, 0.2) is 11.5 Å². The zero-order valence-corrected chi connectivity index (χ0v) is 11.8. The second kappa shape index (κ2) is 5.26. The predicted octanol–water partition coefficient (Wildman–Crippen LogP) is 1.78. The van der Waals surface area contributed by atoms with Gasteiger partial charge in [0.05, 0.1) is 0 Å². The zero-order chi connectivity index (χ0) is 13.4. The van der Waals surface area contributed by atoms with Gasteiger partial charge >= 0.3 is 0 Å². The molecule has 0 saturated carbocycles. The summed E-state index contributed by atoms with van der Waals surface area (Å²) in [5, 5.41) is 3.74. The standard InChI is InChI=1S/C16H22N2O2/c1-3-12(16-15(5-1)19-9-10-20-16)11-17-13-6-8-18-7-2-4-14(13)18/h1,3,5,13-14,17H,2,4,6-11H2. The van der Waals surface area contributed by atoms with E-state index in [4.69, 9.17) is 9.47 Å². The Bertz CT molecular complexity index is 491. The molecule has 0 aromatic heterocycles. The first-order valence-electron chi connectivity index (χ1n) is 7.77. The van der Waals surface area contributed by atoms with Crippen LogP contribution in [-0.4, -0.2) is 43.3 Å². The molecule has 2 unspecified atom stereocenters. The van der Waals surface area contributed by atoms with E-state index in [1.165, 1.54) is 37.9 Å². The number of benzene rings is 1. The van der Waals surface area contributed by atoms with Crippen LogP contribution in [0.25, 0.3) is 0 Å². The van der Waals surface area contributed by atoms with Crippen LogP contribution >= 0.6 is 0 Å². The Morgan fingerprint density at radius 1 is 1.15 bits per heavy atom. The topological polar surface area (TPSA) is 33.7 Å². The van der Waals surface area contributed by atoms with Crippen molar-refractivity contribution in [3.8, 4) is 11.5 Å². The fraction of sp³-hybridized carbons (Fsp3) is 0.625. The van der Waals surface area contributed by atoms with E-state index in [2.05, 4.69) is 22.3 Å². The van der Waals surface area contributed by atoms with E-state index in [0.29, 0.717) is 19.3 Å². The molecule has 4 rings (SSSR count).